The van der Waals surface area contributed by atoms with Crippen LogP contribution in [0.4, 0.5) is 20.4 Å². The van der Waals surface area contributed by atoms with Crippen LogP contribution in [-0.2, 0) is 0 Å². The van der Waals surface area contributed by atoms with Gasteiger partial charge in [0, 0.05) is 37.2 Å². The molecule has 0 radical (unpaired) electrons. The first-order valence-corrected chi connectivity index (χ1v) is 8.43. The van der Waals surface area contributed by atoms with Crippen molar-refractivity contribution in [2.24, 2.45) is 0 Å². The number of rotatable bonds is 5. The zero-order chi connectivity index (χ0) is 16.9. The lowest BCUT2D eigenvalue weighted by Crippen LogP contribution is -2.42. The average Bonchev–Trinajstić information content (AvgIpc) is 2.57. The molecule has 0 bridgehead atoms. The Balaban J connectivity index is 1.61. The summed E-state index contributed by atoms with van der Waals surface area (Å²) in [5.41, 5.74) is 0.986. The second-order valence-electron chi connectivity index (χ2n) is 5.53. The highest BCUT2D eigenvalue weighted by molar-refractivity contribution is 9.10. The second-order valence-corrected chi connectivity index (χ2v) is 6.44. The van der Waals surface area contributed by atoms with Gasteiger partial charge in [-0.15, -0.1) is 0 Å². The lowest BCUT2D eigenvalue weighted by Gasteiger charge is -2.34. The summed E-state index contributed by atoms with van der Waals surface area (Å²) in [6.07, 6.45) is 5.47. The molecule has 24 heavy (non-hydrogen) atoms. The van der Waals surface area contributed by atoms with Crippen molar-refractivity contribution in [3.8, 4) is 5.75 Å². The molecule has 1 aromatic carbocycles. The lowest BCUT2D eigenvalue weighted by atomic mass is 10.0. The van der Waals surface area contributed by atoms with E-state index in [1.54, 1.807) is 36.7 Å². The maximum absolute atomic E-state index is 12.2. The molecule has 0 spiro atoms. The van der Waals surface area contributed by atoms with Crippen LogP contribution >= 0.6 is 15.9 Å². The molecule has 2 aromatic rings. The van der Waals surface area contributed by atoms with Crippen molar-refractivity contribution in [1.29, 1.82) is 0 Å². The fourth-order valence-electron chi connectivity index (χ4n) is 2.74. The molecule has 1 unspecified atom stereocenters. The predicted molar refractivity (Wildman–Crippen MR) is 91.7 cm³/mol. The van der Waals surface area contributed by atoms with Gasteiger partial charge >= 0.3 is 6.61 Å². The molecule has 5 nitrogen and oxygen atoms in total. The normalized spacial score (nSPS) is 17.8. The monoisotopic (exact) mass is 398 g/mol. The van der Waals surface area contributed by atoms with Crippen molar-refractivity contribution in [3.05, 3.63) is 41.1 Å². The first-order valence-electron chi connectivity index (χ1n) is 7.64. The van der Waals surface area contributed by atoms with E-state index < -0.39 is 6.61 Å². The van der Waals surface area contributed by atoms with Gasteiger partial charge in [-0.05, 0) is 53.0 Å². The molecule has 1 saturated heterocycles. The molecule has 8 heteroatoms. The number of piperidine rings is 1. The highest BCUT2D eigenvalue weighted by Crippen LogP contribution is 2.24. The summed E-state index contributed by atoms with van der Waals surface area (Å²) < 4.78 is 29.6. The van der Waals surface area contributed by atoms with E-state index in [-0.39, 0.29) is 11.8 Å². The summed E-state index contributed by atoms with van der Waals surface area (Å²) in [7, 11) is 0. The summed E-state index contributed by atoms with van der Waals surface area (Å²) >= 11 is 3.31. The van der Waals surface area contributed by atoms with Gasteiger partial charge in [0.05, 0.1) is 4.47 Å². The van der Waals surface area contributed by atoms with Crippen LogP contribution in [0.1, 0.15) is 12.8 Å². The highest BCUT2D eigenvalue weighted by Gasteiger charge is 2.21. The van der Waals surface area contributed by atoms with Gasteiger partial charge in [0.2, 0.25) is 5.95 Å². The number of alkyl halides is 2. The van der Waals surface area contributed by atoms with Crippen LogP contribution in [0.3, 0.4) is 0 Å². The molecule has 0 amide bonds. The zero-order valence-corrected chi connectivity index (χ0v) is 14.4. The molecule has 1 aliphatic heterocycles. The Bertz CT molecular complexity index is 654. The lowest BCUT2D eigenvalue weighted by molar-refractivity contribution is -0.0498. The number of benzene rings is 1. The number of anilines is 2. The van der Waals surface area contributed by atoms with Crippen molar-refractivity contribution >= 4 is 27.6 Å². The zero-order valence-electron chi connectivity index (χ0n) is 12.8. The van der Waals surface area contributed by atoms with Crippen LogP contribution in [0, 0.1) is 0 Å². The van der Waals surface area contributed by atoms with Crippen LogP contribution in [0.15, 0.2) is 41.1 Å². The van der Waals surface area contributed by atoms with Gasteiger partial charge in [-0.3, -0.25) is 0 Å². The molecule has 0 saturated carbocycles. The number of nitrogens with one attached hydrogen (secondary N) is 1. The minimum Gasteiger partial charge on any atom is -0.435 e. The molecular weight excluding hydrogens is 382 g/mol. The third-order valence-electron chi connectivity index (χ3n) is 3.80. The van der Waals surface area contributed by atoms with Crippen molar-refractivity contribution in [1.82, 2.24) is 9.97 Å². The molecule has 0 aliphatic carbocycles. The van der Waals surface area contributed by atoms with Gasteiger partial charge in [-0.1, -0.05) is 0 Å². The largest absolute Gasteiger partial charge is 0.435 e. The van der Waals surface area contributed by atoms with E-state index in [2.05, 4.69) is 40.9 Å². The van der Waals surface area contributed by atoms with Gasteiger partial charge < -0.3 is 15.0 Å². The number of nitrogens with zero attached hydrogens (tertiary/aromatic N) is 3. The van der Waals surface area contributed by atoms with E-state index in [1.807, 2.05) is 0 Å². The van der Waals surface area contributed by atoms with Crippen LogP contribution < -0.4 is 15.0 Å². The van der Waals surface area contributed by atoms with Gasteiger partial charge in [0.25, 0.3) is 0 Å². The molecule has 128 valence electrons. The Morgan fingerprint density at radius 2 is 1.92 bits per heavy atom. The van der Waals surface area contributed by atoms with Gasteiger partial charge in [0.15, 0.2) is 0 Å². The molecule has 1 atom stereocenters. The number of aromatic nitrogens is 2. The SMILES string of the molecule is FC(F)Oc1ccc(N2CCCC(Nc3ncc(Br)cn3)C2)cc1. The summed E-state index contributed by atoms with van der Waals surface area (Å²) in [5, 5.41) is 3.34. The maximum Gasteiger partial charge on any atom is 0.387 e. The summed E-state index contributed by atoms with van der Waals surface area (Å²) in [6.45, 7) is -1.08. The molecular formula is C16H17BrF2N4O. The van der Waals surface area contributed by atoms with Crippen molar-refractivity contribution in [2.45, 2.75) is 25.5 Å². The number of hydrogen-bond acceptors (Lipinski definition) is 5. The van der Waals surface area contributed by atoms with Crippen molar-refractivity contribution in [2.75, 3.05) is 23.3 Å². The summed E-state index contributed by atoms with van der Waals surface area (Å²) in [5.74, 6) is 0.773. The van der Waals surface area contributed by atoms with Gasteiger partial charge in [0.1, 0.15) is 5.75 Å². The minimum absolute atomic E-state index is 0.170. The van der Waals surface area contributed by atoms with E-state index in [0.717, 1.165) is 36.1 Å². The average molecular weight is 399 g/mol. The van der Waals surface area contributed by atoms with Gasteiger partial charge in [-0.2, -0.15) is 8.78 Å². The van der Waals surface area contributed by atoms with E-state index in [1.165, 1.54) is 0 Å². The second kappa shape index (κ2) is 7.74. The van der Waals surface area contributed by atoms with E-state index in [9.17, 15) is 8.78 Å². The van der Waals surface area contributed by atoms with Crippen molar-refractivity contribution < 1.29 is 13.5 Å². The summed E-state index contributed by atoms with van der Waals surface area (Å²) in [4.78, 5) is 10.7. The first kappa shape index (κ1) is 16.9. The van der Waals surface area contributed by atoms with Crippen LogP contribution in [-0.4, -0.2) is 35.7 Å². The topological polar surface area (TPSA) is 50.3 Å². The Labute approximate surface area is 147 Å². The molecule has 2 heterocycles. The number of halogens is 3. The van der Waals surface area contributed by atoms with Crippen LogP contribution in [0.2, 0.25) is 0 Å². The fourth-order valence-corrected chi connectivity index (χ4v) is 2.94. The summed E-state index contributed by atoms with van der Waals surface area (Å²) in [6, 6.07) is 6.97. The Morgan fingerprint density at radius 1 is 1.21 bits per heavy atom. The van der Waals surface area contributed by atoms with E-state index in [0.29, 0.717) is 5.95 Å². The van der Waals surface area contributed by atoms with Crippen LogP contribution in [0.5, 0.6) is 5.75 Å². The van der Waals surface area contributed by atoms with Crippen LogP contribution in [0.25, 0.3) is 0 Å². The Morgan fingerprint density at radius 3 is 2.58 bits per heavy atom. The minimum atomic E-state index is -2.80. The van der Waals surface area contributed by atoms with Crippen molar-refractivity contribution in [3.63, 3.8) is 0 Å². The standard InChI is InChI=1S/C16H17BrF2N4O/c17-11-8-20-16(21-9-11)22-12-2-1-7-23(10-12)13-3-5-14(6-4-13)24-15(18)19/h3-6,8-9,12,15H,1-2,7,10H2,(H,20,21,22). The number of hydrogen-bond donors (Lipinski definition) is 1. The highest BCUT2D eigenvalue weighted by atomic mass is 79.9. The molecule has 1 aliphatic rings. The molecule has 1 fully saturated rings. The third-order valence-corrected chi connectivity index (χ3v) is 4.21. The number of ether oxygens (including phenoxy) is 1. The van der Waals surface area contributed by atoms with E-state index in [4.69, 9.17) is 0 Å². The Hall–Kier alpha value is -1.96. The maximum atomic E-state index is 12.2. The molecule has 3 rings (SSSR count). The molecule has 1 N–H and O–H groups in total. The first-order chi connectivity index (χ1) is 11.6. The molecule has 1 aromatic heterocycles. The Kier molecular flexibility index (Phi) is 5.44. The van der Waals surface area contributed by atoms with Gasteiger partial charge in [-0.25, -0.2) is 9.97 Å². The smallest absolute Gasteiger partial charge is 0.387 e. The fraction of sp³-hybridized carbons (Fsp3) is 0.375. The predicted octanol–water partition coefficient (Wildman–Crippen LogP) is 3.92. The third kappa shape index (κ3) is 4.53. The quantitative estimate of drug-likeness (QED) is 0.826. The van der Waals surface area contributed by atoms with E-state index >= 15 is 0 Å².